The van der Waals surface area contributed by atoms with Crippen molar-refractivity contribution in [1.29, 1.82) is 0 Å². The highest BCUT2D eigenvalue weighted by Crippen LogP contribution is 2.41. The largest absolute Gasteiger partial charge is 0.489 e. The van der Waals surface area contributed by atoms with E-state index < -0.39 is 36.2 Å². The number of fused-ring (bicyclic) bond motifs is 1. The van der Waals surface area contributed by atoms with Gasteiger partial charge in [-0.1, -0.05) is 123 Å². The van der Waals surface area contributed by atoms with E-state index >= 15 is 4.79 Å². The second-order valence-electron chi connectivity index (χ2n) is 16.4. The number of aryl methyl sites for hydroxylation is 1. The molecule has 59 heavy (non-hydrogen) atoms. The first-order valence-corrected chi connectivity index (χ1v) is 23.6. The number of ketones is 1. The molecule has 1 aliphatic heterocycles. The number of nitrogens with zero attached hydrogens (tertiary/aromatic N) is 2. The summed E-state index contributed by atoms with van der Waals surface area (Å²) in [6.07, 6.45) is 0.492. The molecule has 0 spiro atoms. The Morgan fingerprint density at radius 1 is 0.881 bits per heavy atom. The number of hydrogen-bond acceptors (Lipinski definition) is 8. The van der Waals surface area contributed by atoms with Crippen molar-refractivity contribution in [3.05, 3.63) is 157 Å². The molecule has 4 aromatic carbocycles. The molecular weight excluding hydrogens is 845 g/mol. The molecule has 1 saturated heterocycles. The van der Waals surface area contributed by atoms with Gasteiger partial charge in [0.25, 0.3) is 13.9 Å². The third kappa shape index (κ3) is 8.48. The maximum absolute atomic E-state index is 15.2. The van der Waals surface area contributed by atoms with Crippen LogP contribution in [-0.2, 0) is 33.0 Å². The molecule has 1 fully saturated rings. The smallest absolute Gasteiger partial charge is 0.333 e. The lowest BCUT2D eigenvalue weighted by atomic mass is 9.91. The Labute approximate surface area is 358 Å². The van der Waals surface area contributed by atoms with E-state index in [1.54, 1.807) is 18.4 Å². The minimum Gasteiger partial charge on any atom is -0.489 e. The van der Waals surface area contributed by atoms with E-state index in [9.17, 15) is 14.4 Å². The van der Waals surface area contributed by atoms with Crippen LogP contribution in [0.4, 0.5) is 0 Å². The summed E-state index contributed by atoms with van der Waals surface area (Å²) in [5.41, 5.74) is -0.290. The maximum atomic E-state index is 15.2. The SMILES string of the molecule is Cc1c(Br)sc2c1c(=O)n(C(C)(C)C(=O)CC(C)(C)[Si](O)(c1ccccc1)c1ccccc1)c(=O)n2C[C@H](OC1CCOCC1)c1ccccc1OCc1ccccc1. The lowest BCUT2D eigenvalue weighted by Crippen LogP contribution is -2.66. The standard InChI is InChI=1S/C47H51BrN2O7SSi/c1-32-41-43(52)50(47(4,5)40(51)29-46(2,3)59(54,35-19-11-7-12-20-35)36-21-13-8-14-22-36)45(53)49(44(41)58-42(32)48)30-39(57-34-25-27-55-28-26-34)37-23-15-16-24-38(37)56-31-33-17-9-6-10-18-33/h6-24,34,39,54H,25-31H2,1-5H3/t39-/m0/s1. The summed E-state index contributed by atoms with van der Waals surface area (Å²) in [6, 6.07) is 36.6. The predicted molar refractivity (Wildman–Crippen MR) is 241 cm³/mol. The highest BCUT2D eigenvalue weighted by Gasteiger charge is 2.52. The third-order valence-electron chi connectivity index (χ3n) is 11.7. The lowest BCUT2D eigenvalue weighted by molar-refractivity contribution is -0.127. The van der Waals surface area contributed by atoms with Crippen LogP contribution in [0.25, 0.3) is 10.2 Å². The van der Waals surface area contributed by atoms with E-state index in [1.165, 1.54) is 11.3 Å². The summed E-state index contributed by atoms with van der Waals surface area (Å²) in [7, 11) is -3.61. The summed E-state index contributed by atoms with van der Waals surface area (Å²) in [4.78, 5) is 58.2. The molecule has 0 bridgehead atoms. The zero-order chi connectivity index (χ0) is 42.0. The summed E-state index contributed by atoms with van der Waals surface area (Å²) >= 11 is 4.97. The Balaban J connectivity index is 1.32. The summed E-state index contributed by atoms with van der Waals surface area (Å²) in [6.45, 7) is 10.5. The van der Waals surface area contributed by atoms with Crippen molar-refractivity contribution >= 4 is 62.0 Å². The quantitative estimate of drug-likeness (QED) is 0.104. The number of halogens is 1. The fraction of sp³-hybridized carbons (Fsp3) is 0.340. The van der Waals surface area contributed by atoms with E-state index in [4.69, 9.17) is 14.2 Å². The molecule has 1 aliphatic rings. The first-order chi connectivity index (χ1) is 28.2. The number of rotatable bonds is 15. The van der Waals surface area contributed by atoms with Crippen LogP contribution >= 0.6 is 27.3 Å². The minimum atomic E-state index is -3.61. The van der Waals surface area contributed by atoms with Crippen LogP contribution in [0.15, 0.2) is 129 Å². The van der Waals surface area contributed by atoms with Gasteiger partial charge in [0.1, 0.15) is 28.8 Å². The van der Waals surface area contributed by atoms with E-state index in [0.717, 1.165) is 29.9 Å². The van der Waals surface area contributed by atoms with Gasteiger partial charge in [0, 0.05) is 25.2 Å². The van der Waals surface area contributed by atoms with Gasteiger partial charge >= 0.3 is 5.69 Å². The van der Waals surface area contributed by atoms with Crippen LogP contribution in [-0.4, -0.2) is 47.3 Å². The number of Topliss-reactive ketones (excluding diaryl/α,β-unsaturated/α-hetero) is 1. The first kappa shape index (κ1) is 42.7. The molecule has 0 radical (unpaired) electrons. The Morgan fingerprint density at radius 2 is 1.44 bits per heavy atom. The van der Waals surface area contributed by atoms with Gasteiger partial charge in [-0.2, -0.15) is 0 Å². The lowest BCUT2D eigenvalue weighted by Gasteiger charge is -2.42. The van der Waals surface area contributed by atoms with Crippen molar-refractivity contribution in [3.63, 3.8) is 0 Å². The van der Waals surface area contributed by atoms with Crippen molar-refractivity contribution in [3.8, 4) is 5.75 Å². The van der Waals surface area contributed by atoms with Crippen LogP contribution in [0.1, 0.15) is 69.8 Å². The molecule has 308 valence electrons. The van der Waals surface area contributed by atoms with Crippen molar-refractivity contribution in [2.75, 3.05) is 13.2 Å². The van der Waals surface area contributed by atoms with Crippen molar-refractivity contribution in [1.82, 2.24) is 9.13 Å². The van der Waals surface area contributed by atoms with Crippen LogP contribution in [0.3, 0.4) is 0 Å². The van der Waals surface area contributed by atoms with Crippen molar-refractivity contribution in [2.45, 2.75) is 89.8 Å². The number of ether oxygens (including phenoxy) is 3. The average molecular weight is 896 g/mol. The van der Waals surface area contributed by atoms with Gasteiger partial charge in [0.2, 0.25) is 0 Å². The van der Waals surface area contributed by atoms with Crippen LogP contribution in [0.2, 0.25) is 5.04 Å². The van der Waals surface area contributed by atoms with E-state index in [-0.39, 0.29) is 24.9 Å². The molecule has 2 aromatic heterocycles. The molecule has 9 nitrogen and oxygen atoms in total. The van der Waals surface area contributed by atoms with E-state index in [1.807, 2.05) is 136 Å². The minimum absolute atomic E-state index is 0.0511. The molecule has 12 heteroatoms. The maximum Gasteiger partial charge on any atom is 0.333 e. The van der Waals surface area contributed by atoms with Gasteiger partial charge in [-0.3, -0.25) is 14.2 Å². The molecule has 7 rings (SSSR count). The van der Waals surface area contributed by atoms with E-state index in [2.05, 4.69) is 15.9 Å². The highest BCUT2D eigenvalue weighted by molar-refractivity contribution is 9.11. The molecule has 0 saturated carbocycles. The fourth-order valence-corrected chi connectivity index (χ4v) is 13.5. The van der Waals surface area contributed by atoms with Gasteiger partial charge in [-0.25, -0.2) is 9.36 Å². The molecule has 0 aliphatic carbocycles. The van der Waals surface area contributed by atoms with Gasteiger partial charge in [-0.05, 0) is 82.1 Å². The number of carbonyl (C=O) groups is 1. The Kier molecular flexibility index (Phi) is 12.8. The molecule has 0 unspecified atom stereocenters. The Hall–Kier alpha value is -4.43. The number of para-hydroxylation sites is 1. The van der Waals surface area contributed by atoms with E-state index in [0.29, 0.717) is 54.2 Å². The first-order valence-electron chi connectivity index (χ1n) is 20.0. The number of hydrogen-bond donors (Lipinski definition) is 1. The van der Waals surface area contributed by atoms with Crippen molar-refractivity contribution in [2.24, 2.45) is 0 Å². The van der Waals surface area contributed by atoms with Crippen LogP contribution in [0, 0.1) is 6.92 Å². The molecule has 0 amide bonds. The Morgan fingerprint density at radius 3 is 2.05 bits per heavy atom. The van der Waals surface area contributed by atoms with Gasteiger partial charge in [0.05, 0.1) is 21.8 Å². The molecule has 3 heterocycles. The molecular formula is C47H51BrN2O7SSi. The van der Waals surface area contributed by atoms with Gasteiger partial charge in [-0.15, -0.1) is 11.3 Å². The second kappa shape index (κ2) is 17.7. The topological polar surface area (TPSA) is 109 Å². The normalized spacial score (nSPS) is 14.7. The average Bonchev–Trinajstić information content (AvgIpc) is 3.55. The molecule has 6 aromatic rings. The van der Waals surface area contributed by atoms with Crippen LogP contribution < -0.4 is 26.4 Å². The van der Waals surface area contributed by atoms with Gasteiger partial charge < -0.3 is 19.0 Å². The zero-order valence-electron chi connectivity index (χ0n) is 34.2. The summed E-state index contributed by atoms with van der Waals surface area (Å²) < 4.78 is 22.4. The summed E-state index contributed by atoms with van der Waals surface area (Å²) in [5.74, 6) is 0.285. The Bertz CT molecular complexity index is 2490. The van der Waals surface area contributed by atoms with Crippen LogP contribution in [0.5, 0.6) is 5.75 Å². The number of carbonyl (C=O) groups excluding carboxylic acids is 1. The summed E-state index contributed by atoms with van der Waals surface area (Å²) in [5, 5.41) is 0.944. The van der Waals surface area contributed by atoms with Gasteiger partial charge in [0.15, 0.2) is 5.78 Å². The van der Waals surface area contributed by atoms with Crippen molar-refractivity contribution < 1.29 is 23.8 Å². The number of thiophene rings is 1. The number of aromatic nitrogens is 2. The molecule has 1 atom stereocenters. The second-order valence-corrected chi connectivity index (χ2v) is 22.7. The number of benzene rings is 4. The predicted octanol–water partition coefficient (Wildman–Crippen LogP) is 8.04. The third-order valence-corrected chi connectivity index (χ3v) is 18.4. The fourth-order valence-electron chi connectivity index (χ4n) is 8.19. The highest BCUT2D eigenvalue weighted by atomic mass is 79.9. The zero-order valence-corrected chi connectivity index (χ0v) is 37.6. The molecule has 1 N–H and O–H groups in total. The monoisotopic (exact) mass is 894 g/mol.